The van der Waals surface area contributed by atoms with Crippen LogP contribution in [0.3, 0.4) is 0 Å². The lowest BCUT2D eigenvalue weighted by atomic mass is 10.1. The van der Waals surface area contributed by atoms with E-state index in [2.05, 4.69) is 15.6 Å². The van der Waals surface area contributed by atoms with Crippen molar-refractivity contribution in [1.82, 2.24) is 20.5 Å². The van der Waals surface area contributed by atoms with Gasteiger partial charge in [0.1, 0.15) is 5.69 Å². The van der Waals surface area contributed by atoms with Gasteiger partial charge in [0.15, 0.2) is 0 Å². The van der Waals surface area contributed by atoms with Gasteiger partial charge in [-0.3, -0.25) is 19.4 Å². The quantitative estimate of drug-likeness (QED) is 0.844. The molecule has 2 N–H and O–H groups in total. The summed E-state index contributed by atoms with van der Waals surface area (Å²) in [6.45, 7) is 1.33. The molecule has 0 radical (unpaired) electrons. The van der Waals surface area contributed by atoms with Crippen molar-refractivity contribution in [1.29, 1.82) is 0 Å². The van der Waals surface area contributed by atoms with Gasteiger partial charge < -0.3 is 15.5 Å². The van der Waals surface area contributed by atoms with Crippen LogP contribution in [0, 0.1) is 0 Å². The van der Waals surface area contributed by atoms with E-state index in [-0.39, 0.29) is 30.0 Å². The Morgan fingerprint density at radius 2 is 2.00 bits per heavy atom. The normalized spacial score (nSPS) is 13.9. The average Bonchev–Trinajstić information content (AvgIpc) is 2.66. The Morgan fingerprint density at radius 3 is 2.69 bits per heavy atom. The Labute approximate surface area is 155 Å². The van der Waals surface area contributed by atoms with E-state index in [0.29, 0.717) is 30.2 Å². The van der Waals surface area contributed by atoms with Gasteiger partial charge >= 0.3 is 0 Å². The van der Waals surface area contributed by atoms with Crippen LogP contribution in [0.4, 0.5) is 0 Å². The molecule has 3 amide bonds. The zero-order valence-corrected chi connectivity index (χ0v) is 14.6. The number of pyridine rings is 1. The topological polar surface area (TPSA) is 91.4 Å². The molecule has 0 unspecified atom stereocenters. The van der Waals surface area contributed by atoms with Gasteiger partial charge in [-0.05, 0) is 29.8 Å². The predicted molar refractivity (Wildman–Crippen MR) is 95.8 cm³/mol. The molecule has 7 nitrogen and oxygen atoms in total. The Balaban J connectivity index is 1.58. The van der Waals surface area contributed by atoms with Crippen LogP contribution in [0.2, 0.25) is 5.02 Å². The molecular weight excluding hydrogens is 356 g/mol. The summed E-state index contributed by atoms with van der Waals surface area (Å²) < 4.78 is 0. The highest BCUT2D eigenvalue weighted by Gasteiger charge is 2.22. The zero-order valence-electron chi connectivity index (χ0n) is 13.9. The number of hydrogen-bond acceptors (Lipinski definition) is 4. The minimum atomic E-state index is -0.327. The Bertz CT molecular complexity index is 839. The molecule has 3 rings (SSSR count). The summed E-state index contributed by atoms with van der Waals surface area (Å²) in [5.41, 5.74) is 1.59. The average molecular weight is 373 g/mol. The van der Waals surface area contributed by atoms with Crippen LogP contribution in [0.1, 0.15) is 26.4 Å². The summed E-state index contributed by atoms with van der Waals surface area (Å²) in [5, 5.41) is 5.88. The van der Waals surface area contributed by atoms with E-state index in [1.165, 1.54) is 17.2 Å². The Morgan fingerprint density at radius 1 is 1.23 bits per heavy atom. The molecule has 0 spiro atoms. The molecule has 1 aliphatic rings. The smallest absolute Gasteiger partial charge is 0.270 e. The lowest BCUT2D eigenvalue weighted by Crippen LogP contribution is -2.49. The maximum Gasteiger partial charge on any atom is 0.270 e. The van der Waals surface area contributed by atoms with Crippen molar-refractivity contribution in [3.8, 4) is 0 Å². The molecule has 0 bridgehead atoms. The largest absolute Gasteiger partial charge is 0.353 e. The van der Waals surface area contributed by atoms with Crippen LogP contribution in [-0.4, -0.2) is 47.2 Å². The van der Waals surface area contributed by atoms with Gasteiger partial charge in [-0.1, -0.05) is 23.7 Å². The van der Waals surface area contributed by atoms with E-state index in [0.717, 1.165) is 5.56 Å². The van der Waals surface area contributed by atoms with Gasteiger partial charge in [0.25, 0.3) is 11.8 Å². The maximum absolute atomic E-state index is 12.4. The zero-order chi connectivity index (χ0) is 18.5. The van der Waals surface area contributed by atoms with Gasteiger partial charge in [0.2, 0.25) is 5.91 Å². The fourth-order valence-corrected chi connectivity index (χ4v) is 2.72. The van der Waals surface area contributed by atoms with Crippen LogP contribution in [-0.2, 0) is 11.3 Å². The van der Waals surface area contributed by atoms with Crippen molar-refractivity contribution in [2.45, 2.75) is 6.54 Å². The van der Waals surface area contributed by atoms with E-state index in [1.54, 1.807) is 30.3 Å². The SMILES string of the molecule is O=C1CN(C(=O)c2ccc(CNC(=O)c3cc(Cl)ccn3)cc2)CCN1. The van der Waals surface area contributed by atoms with Crippen LogP contribution < -0.4 is 10.6 Å². The summed E-state index contributed by atoms with van der Waals surface area (Å²) in [6, 6.07) is 10.0. The van der Waals surface area contributed by atoms with E-state index in [1.807, 2.05) is 0 Å². The summed E-state index contributed by atoms with van der Waals surface area (Å²) in [5.74, 6) is -0.663. The number of carbonyl (C=O) groups excluding carboxylic acids is 3. The molecule has 26 heavy (non-hydrogen) atoms. The molecule has 8 heteroatoms. The second-order valence-electron chi connectivity index (χ2n) is 5.82. The van der Waals surface area contributed by atoms with Crippen molar-refractivity contribution in [3.05, 3.63) is 64.4 Å². The van der Waals surface area contributed by atoms with E-state index in [9.17, 15) is 14.4 Å². The first-order valence-corrected chi connectivity index (χ1v) is 8.45. The van der Waals surface area contributed by atoms with Gasteiger partial charge in [0, 0.05) is 36.4 Å². The van der Waals surface area contributed by atoms with Crippen molar-refractivity contribution in [2.24, 2.45) is 0 Å². The number of nitrogens with zero attached hydrogens (tertiary/aromatic N) is 2. The Kier molecular flexibility index (Phi) is 5.48. The molecule has 2 aromatic rings. The molecular formula is C18H17ClN4O3. The number of rotatable bonds is 4. The number of aromatic nitrogens is 1. The Hall–Kier alpha value is -2.93. The number of amides is 3. The van der Waals surface area contributed by atoms with E-state index >= 15 is 0 Å². The van der Waals surface area contributed by atoms with Crippen LogP contribution in [0.5, 0.6) is 0 Å². The number of piperazine rings is 1. The molecule has 134 valence electrons. The van der Waals surface area contributed by atoms with E-state index < -0.39 is 0 Å². The third kappa shape index (κ3) is 4.37. The third-order valence-electron chi connectivity index (χ3n) is 3.93. The second kappa shape index (κ2) is 7.97. The molecule has 1 aromatic heterocycles. The third-order valence-corrected chi connectivity index (χ3v) is 4.17. The second-order valence-corrected chi connectivity index (χ2v) is 6.25. The van der Waals surface area contributed by atoms with E-state index in [4.69, 9.17) is 11.6 Å². The summed E-state index contributed by atoms with van der Waals surface area (Å²) in [4.78, 5) is 41.3. The van der Waals surface area contributed by atoms with Crippen molar-refractivity contribution < 1.29 is 14.4 Å². The number of halogens is 1. The first-order chi connectivity index (χ1) is 12.5. The van der Waals surface area contributed by atoms with Crippen molar-refractivity contribution in [2.75, 3.05) is 19.6 Å². The molecule has 1 fully saturated rings. The van der Waals surface area contributed by atoms with Crippen molar-refractivity contribution in [3.63, 3.8) is 0 Å². The molecule has 0 atom stereocenters. The highest BCUT2D eigenvalue weighted by atomic mass is 35.5. The lowest BCUT2D eigenvalue weighted by molar-refractivity contribution is -0.123. The monoisotopic (exact) mass is 372 g/mol. The minimum Gasteiger partial charge on any atom is -0.353 e. The molecule has 0 saturated carbocycles. The molecule has 1 saturated heterocycles. The number of hydrogen-bond donors (Lipinski definition) is 2. The van der Waals surface area contributed by atoms with Crippen LogP contribution in [0.15, 0.2) is 42.6 Å². The van der Waals surface area contributed by atoms with Gasteiger partial charge in [-0.25, -0.2) is 0 Å². The standard InChI is InChI=1S/C18H17ClN4O3/c19-14-5-6-20-15(9-14)17(25)22-10-12-1-3-13(4-2-12)18(26)23-8-7-21-16(24)11-23/h1-6,9H,7-8,10-11H2,(H,21,24)(H,22,25). The summed E-state index contributed by atoms with van der Waals surface area (Å²) in [6.07, 6.45) is 1.47. The van der Waals surface area contributed by atoms with Crippen LogP contribution >= 0.6 is 11.6 Å². The van der Waals surface area contributed by atoms with Crippen LogP contribution in [0.25, 0.3) is 0 Å². The maximum atomic E-state index is 12.4. The van der Waals surface area contributed by atoms with Crippen molar-refractivity contribution >= 4 is 29.3 Å². The highest BCUT2D eigenvalue weighted by molar-refractivity contribution is 6.30. The lowest BCUT2D eigenvalue weighted by Gasteiger charge is -2.26. The minimum absolute atomic E-state index is 0.0727. The first-order valence-electron chi connectivity index (χ1n) is 8.07. The fourth-order valence-electron chi connectivity index (χ4n) is 2.56. The molecule has 0 aliphatic carbocycles. The predicted octanol–water partition coefficient (Wildman–Crippen LogP) is 1.24. The van der Waals surface area contributed by atoms with Gasteiger partial charge in [-0.15, -0.1) is 0 Å². The molecule has 1 aromatic carbocycles. The number of carbonyl (C=O) groups is 3. The summed E-state index contributed by atoms with van der Waals surface area (Å²) in [7, 11) is 0. The molecule has 2 heterocycles. The van der Waals surface area contributed by atoms with Gasteiger partial charge in [-0.2, -0.15) is 0 Å². The summed E-state index contributed by atoms with van der Waals surface area (Å²) >= 11 is 5.85. The first kappa shape index (κ1) is 17.9. The molecule has 1 aliphatic heterocycles. The van der Waals surface area contributed by atoms with Gasteiger partial charge in [0.05, 0.1) is 6.54 Å². The number of benzene rings is 1. The number of nitrogens with one attached hydrogen (secondary N) is 2. The highest BCUT2D eigenvalue weighted by Crippen LogP contribution is 2.10. The fraction of sp³-hybridized carbons (Fsp3) is 0.222.